The first kappa shape index (κ1) is 39.2. The number of nitrogens with zero attached hydrogens (tertiary/aromatic N) is 1. The van der Waals surface area contributed by atoms with E-state index in [0.29, 0.717) is 0 Å². The quantitative estimate of drug-likeness (QED) is 0.167. The molecule has 0 unspecified atom stereocenters. The lowest BCUT2D eigenvalue weighted by Gasteiger charge is -2.31. The second kappa shape index (κ2) is 14.0. The molecule has 0 saturated carbocycles. The fraction of sp³-hybridized carbons (Fsp3) is 0.104. The van der Waals surface area contributed by atoms with Crippen LogP contribution in [0, 0.1) is 0 Å². The molecule has 0 N–H and O–H groups in total. The fourth-order valence-corrected chi connectivity index (χ4v) is 13.4. The van der Waals surface area contributed by atoms with Gasteiger partial charge in [0, 0.05) is 27.8 Å². The highest BCUT2D eigenvalue weighted by molar-refractivity contribution is 6.03. The fourth-order valence-electron chi connectivity index (χ4n) is 13.4. The molecule has 14 rings (SSSR count). The van der Waals surface area contributed by atoms with Crippen molar-refractivity contribution in [2.75, 3.05) is 4.90 Å². The van der Waals surface area contributed by atoms with Crippen LogP contribution >= 0.6 is 0 Å². The van der Waals surface area contributed by atoms with Crippen LogP contribution in [0.2, 0.25) is 0 Å². The number of rotatable bonds is 5. The zero-order valence-corrected chi connectivity index (χ0v) is 38.8. The molecule has 10 aromatic rings. The zero-order chi connectivity index (χ0) is 45.5. The summed E-state index contributed by atoms with van der Waals surface area (Å²) in [5.41, 5.74) is 29.2. The van der Waals surface area contributed by atoms with Crippen molar-refractivity contribution < 1.29 is 0 Å². The highest BCUT2D eigenvalue weighted by Gasteiger charge is 2.52. The van der Waals surface area contributed by atoms with Crippen molar-refractivity contribution in [1.82, 2.24) is 0 Å². The molecule has 4 aliphatic rings. The van der Waals surface area contributed by atoms with Gasteiger partial charge in [-0.2, -0.15) is 0 Å². The number of hydrogen-bond donors (Lipinski definition) is 0. The van der Waals surface area contributed by atoms with Gasteiger partial charge in [0.25, 0.3) is 0 Å². The summed E-state index contributed by atoms with van der Waals surface area (Å²) in [6.07, 6.45) is 0. The largest absolute Gasteiger partial charge is 0.310 e. The van der Waals surface area contributed by atoms with Gasteiger partial charge in [0.05, 0.1) is 11.1 Å². The lowest BCUT2D eigenvalue weighted by molar-refractivity contribution is 0.660. The molecule has 0 amide bonds. The van der Waals surface area contributed by atoms with Crippen LogP contribution in [0.5, 0.6) is 0 Å². The van der Waals surface area contributed by atoms with E-state index in [1.54, 1.807) is 0 Å². The molecule has 0 saturated heterocycles. The van der Waals surface area contributed by atoms with E-state index in [9.17, 15) is 0 Å². The van der Waals surface area contributed by atoms with Gasteiger partial charge in [-0.3, -0.25) is 0 Å². The van der Waals surface area contributed by atoms with Crippen molar-refractivity contribution in [3.63, 3.8) is 0 Å². The molecule has 1 heteroatoms. The first-order valence-electron chi connectivity index (χ1n) is 24.2. The van der Waals surface area contributed by atoms with Crippen LogP contribution < -0.4 is 4.90 Å². The van der Waals surface area contributed by atoms with Gasteiger partial charge in [-0.05, 0) is 136 Å². The summed E-state index contributed by atoms with van der Waals surface area (Å²) in [7, 11) is 0. The van der Waals surface area contributed by atoms with Gasteiger partial charge in [-0.15, -0.1) is 0 Å². The average Bonchev–Trinajstić information content (AvgIpc) is 4.02. The third-order valence-electron chi connectivity index (χ3n) is 16.3. The minimum absolute atomic E-state index is 0.114. The molecule has 0 aliphatic heterocycles. The van der Waals surface area contributed by atoms with Crippen molar-refractivity contribution in [2.24, 2.45) is 0 Å². The summed E-state index contributed by atoms with van der Waals surface area (Å²) in [6, 6.07) is 84.8. The number of para-hydroxylation sites is 1. The van der Waals surface area contributed by atoms with Gasteiger partial charge < -0.3 is 4.90 Å². The molecule has 68 heavy (non-hydrogen) atoms. The normalized spacial score (nSPS) is 15.1. The number of anilines is 3. The summed E-state index contributed by atoms with van der Waals surface area (Å²) < 4.78 is 0. The van der Waals surface area contributed by atoms with Crippen LogP contribution in [0.15, 0.2) is 224 Å². The third kappa shape index (κ3) is 5.06. The summed E-state index contributed by atoms with van der Waals surface area (Å²) >= 11 is 0. The Morgan fingerprint density at radius 3 is 1.37 bits per heavy atom. The molecular formula is C67H49N. The van der Waals surface area contributed by atoms with Crippen molar-refractivity contribution in [1.29, 1.82) is 0 Å². The topological polar surface area (TPSA) is 3.24 Å². The number of benzene rings is 10. The molecule has 0 fully saturated rings. The van der Waals surface area contributed by atoms with Crippen LogP contribution in [0.4, 0.5) is 17.1 Å². The lowest BCUT2D eigenvalue weighted by atomic mass is 9.70. The Hall–Kier alpha value is -8.00. The molecule has 0 atom stereocenters. The van der Waals surface area contributed by atoms with Crippen molar-refractivity contribution >= 4 is 17.1 Å². The lowest BCUT2D eigenvalue weighted by Crippen LogP contribution is -2.25. The predicted molar refractivity (Wildman–Crippen MR) is 283 cm³/mol. The van der Waals surface area contributed by atoms with Crippen LogP contribution in [-0.4, -0.2) is 0 Å². The Labute approximate surface area is 399 Å². The maximum atomic E-state index is 2.52. The Balaban J connectivity index is 0.981. The molecule has 0 heterocycles. The smallest absolute Gasteiger partial charge is 0.0725 e. The summed E-state index contributed by atoms with van der Waals surface area (Å²) in [6.45, 7) is 9.53. The highest BCUT2D eigenvalue weighted by Crippen LogP contribution is 2.64. The first-order chi connectivity index (χ1) is 33.3. The van der Waals surface area contributed by atoms with E-state index in [-0.39, 0.29) is 10.8 Å². The second-order valence-electron chi connectivity index (χ2n) is 20.3. The van der Waals surface area contributed by atoms with Crippen molar-refractivity contribution in [3.8, 4) is 66.8 Å². The summed E-state index contributed by atoms with van der Waals surface area (Å²) in [5.74, 6) is 0. The molecule has 0 bridgehead atoms. The molecule has 0 aromatic heterocycles. The predicted octanol–water partition coefficient (Wildman–Crippen LogP) is 17.4. The van der Waals surface area contributed by atoms with Gasteiger partial charge in [0.2, 0.25) is 0 Å². The molecule has 1 nitrogen and oxygen atoms in total. The van der Waals surface area contributed by atoms with E-state index in [1.807, 2.05) is 0 Å². The average molecular weight is 868 g/mol. The van der Waals surface area contributed by atoms with Gasteiger partial charge >= 0.3 is 0 Å². The Kier molecular flexibility index (Phi) is 8.08. The molecule has 0 radical (unpaired) electrons. The molecule has 10 aromatic carbocycles. The van der Waals surface area contributed by atoms with Gasteiger partial charge in [0.15, 0.2) is 0 Å². The first-order valence-corrected chi connectivity index (χ1v) is 24.2. The second-order valence-corrected chi connectivity index (χ2v) is 20.3. The third-order valence-corrected chi connectivity index (χ3v) is 16.3. The van der Waals surface area contributed by atoms with Crippen molar-refractivity contribution in [2.45, 2.75) is 43.9 Å². The van der Waals surface area contributed by atoms with E-state index < -0.39 is 5.41 Å². The van der Waals surface area contributed by atoms with Gasteiger partial charge in [-0.1, -0.05) is 222 Å². The SMILES string of the molecule is CC1(C)c2ccccc2-c2ccc(N(c3ccc(-c4cccc5c4C(C)(C)c4ccccc4-5)cc3)c3ccccc3-c3cccc4c3-c3ccccc3C43c4ccccc4-c4ccccc43)cc21. The van der Waals surface area contributed by atoms with Crippen molar-refractivity contribution in [3.05, 3.63) is 269 Å². The van der Waals surface area contributed by atoms with Gasteiger partial charge in [0.1, 0.15) is 0 Å². The van der Waals surface area contributed by atoms with E-state index >= 15 is 0 Å². The summed E-state index contributed by atoms with van der Waals surface area (Å²) in [5, 5.41) is 0. The van der Waals surface area contributed by atoms with Gasteiger partial charge in [-0.25, -0.2) is 0 Å². The minimum Gasteiger partial charge on any atom is -0.310 e. The number of fused-ring (bicyclic) bond motifs is 16. The Morgan fingerprint density at radius 1 is 0.279 bits per heavy atom. The van der Waals surface area contributed by atoms with E-state index in [1.165, 1.54) is 111 Å². The molecule has 1 spiro atoms. The van der Waals surface area contributed by atoms with Crippen LogP contribution in [-0.2, 0) is 16.2 Å². The Morgan fingerprint density at radius 2 is 0.706 bits per heavy atom. The maximum absolute atomic E-state index is 2.52. The van der Waals surface area contributed by atoms with Crippen LogP contribution in [0.25, 0.3) is 66.8 Å². The van der Waals surface area contributed by atoms with Crippen LogP contribution in [0.3, 0.4) is 0 Å². The maximum Gasteiger partial charge on any atom is 0.0725 e. The van der Waals surface area contributed by atoms with Crippen LogP contribution in [0.1, 0.15) is 72.2 Å². The Bertz CT molecular complexity index is 3700. The van der Waals surface area contributed by atoms with E-state index in [0.717, 1.165) is 17.1 Å². The van der Waals surface area contributed by atoms with E-state index in [2.05, 4.69) is 257 Å². The van der Waals surface area contributed by atoms with E-state index in [4.69, 9.17) is 0 Å². The standard InChI is InChI=1S/C67H49N/c1-65(2)55-28-11-5-19-46(55)50-40-39-44(41-61(50)65)68(43-37-35-42(36-38-43)45-25-17-27-53-49-22-6-12-29-56(49)66(3,4)64(45)53)62-34-16-10-23-51(62)52-26-18-33-60-63(52)54-24-9-15-32-59(54)67(60)57-30-13-7-20-47(57)48-21-8-14-31-58(48)67/h5-41H,1-4H3. The monoisotopic (exact) mass is 867 g/mol. The molecule has 322 valence electrons. The minimum atomic E-state index is -0.423. The molecule has 4 aliphatic carbocycles. The summed E-state index contributed by atoms with van der Waals surface area (Å²) in [4.78, 5) is 2.52. The highest BCUT2D eigenvalue weighted by atomic mass is 15.1. The molecular weight excluding hydrogens is 819 g/mol. The number of hydrogen-bond acceptors (Lipinski definition) is 1. The zero-order valence-electron chi connectivity index (χ0n) is 38.8.